The number of nitrogens with zero attached hydrogens (tertiary/aromatic N) is 6. The van der Waals surface area contributed by atoms with E-state index in [1.807, 2.05) is 25.1 Å². The highest BCUT2D eigenvalue weighted by atomic mass is 16.5. The van der Waals surface area contributed by atoms with Crippen LogP contribution in [0, 0.1) is 18.3 Å². The van der Waals surface area contributed by atoms with Gasteiger partial charge in [-0.05, 0) is 43.2 Å². The second-order valence-corrected chi connectivity index (χ2v) is 9.02. The fourth-order valence-electron chi connectivity index (χ4n) is 5.10. The Labute approximate surface area is 195 Å². The zero-order chi connectivity index (χ0) is 23.6. The summed E-state index contributed by atoms with van der Waals surface area (Å²) < 4.78 is 13.7. The minimum atomic E-state index is -0.197. The molecule has 6 rings (SSSR count). The molecule has 0 unspecified atom stereocenters. The van der Waals surface area contributed by atoms with Gasteiger partial charge in [0.2, 0.25) is 5.75 Å². The molecule has 0 N–H and O–H groups in total. The Bertz CT molecular complexity index is 1550. The van der Waals surface area contributed by atoms with Gasteiger partial charge in [0.15, 0.2) is 5.58 Å². The topological polar surface area (TPSA) is 100 Å². The number of benzene rings is 1. The third-order valence-corrected chi connectivity index (χ3v) is 6.94. The standard InChI is InChI=1S/C25H24N6O3/c1-4-16-11-30-17(12-31(16)25-28-18-9-14(2)5-8-20(18)34-25)13-33-23-22(30)21-19(29(3)24(23)32)7-6-15(10-26)27-21/h5-9,16-17H,4,11-13H2,1-3H3/t16-,17+/m1/s1. The maximum absolute atomic E-state index is 13.1. The van der Waals surface area contributed by atoms with Crippen molar-refractivity contribution in [2.75, 3.05) is 29.5 Å². The monoisotopic (exact) mass is 456 g/mol. The summed E-state index contributed by atoms with van der Waals surface area (Å²) in [6.07, 6.45) is 0.872. The van der Waals surface area contributed by atoms with Gasteiger partial charge in [0.1, 0.15) is 35.1 Å². The van der Waals surface area contributed by atoms with Crippen molar-refractivity contribution in [3.8, 4) is 11.8 Å². The van der Waals surface area contributed by atoms with Crippen molar-refractivity contribution in [2.45, 2.75) is 32.4 Å². The molecule has 3 aromatic heterocycles. The van der Waals surface area contributed by atoms with Crippen LogP contribution in [0.3, 0.4) is 0 Å². The number of piperazine rings is 1. The van der Waals surface area contributed by atoms with Crippen molar-refractivity contribution >= 4 is 33.8 Å². The second-order valence-electron chi connectivity index (χ2n) is 9.02. The third-order valence-electron chi connectivity index (χ3n) is 6.94. The van der Waals surface area contributed by atoms with Crippen LogP contribution >= 0.6 is 0 Å². The molecule has 1 fully saturated rings. The molecule has 5 heterocycles. The Morgan fingerprint density at radius 3 is 2.82 bits per heavy atom. The highest BCUT2D eigenvalue weighted by molar-refractivity contribution is 5.93. The largest absolute Gasteiger partial charge is 0.484 e. The number of oxazole rings is 1. The zero-order valence-corrected chi connectivity index (χ0v) is 19.3. The lowest BCUT2D eigenvalue weighted by Crippen LogP contribution is -2.62. The number of rotatable bonds is 2. The van der Waals surface area contributed by atoms with Crippen molar-refractivity contribution in [2.24, 2.45) is 7.05 Å². The normalized spacial score (nSPS) is 19.6. The Balaban J connectivity index is 1.45. The summed E-state index contributed by atoms with van der Waals surface area (Å²) in [6.45, 7) is 5.85. The first-order valence-corrected chi connectivity index (χ1v) is 11.5. The van der Waals surface area contributed by atoms with E-state index in [1.54, 1.807) is 19.2 Å². The Hall–Kier alpha value is -4.06. The second kappa shape index (κ2) is 7.48. The fraction of sp³-hybridized carbons (Fsp3) is 0.360. The summed E-state index contributed by atoms with van der Waals surface area (Å²) >= 11 is 0. The van der Waals surface area contributed by atoms with Crippen molar-refractivity contribution in [3.63, 3.8) is 0 Å². The number of hydrogen-bond donors (Lipinski definition) is 0. The quantitative estimate of drug-likeness (QED) is 0.454. The lowest BCUT2D eigenvalue weighted by atomic mass is 10.0. The van der Waals surface area contributed by atoms with Crippen LogP contribution in [0.1, 0.15) is 24.6 Å². The maximum atomic E-state index is 13.1. The van der Waals surface area contributed by atoms with Crippen LogP contribution < -0.4 is 20.1 Å². The molecule has 172 valence electrons. The average Bonchev–Trinajstić information content (AvgIpc) is 3.28. The molecule has 0 radical (unpaired) electrons. The molecule has 34 heavy (non-hydrogen) atoms. The van der Waals surface area contributed by atoms with Gasteiger partial charge in [0.05, 0.1) is 17.6 Å². The molecule has 9 heteroatoms. The molecule has 1 aromatic carbocycles. The molecule has 2 aliphatic heterocycles. The molecule has 0 aliphatic carbocycles. The van der Waals surface area contributed by atoms with Crippen LogP contribution in [0.5, 0.6) is 5.75 Å². The number of nitriles is 1. The van der Waals surface area contributed by atoms with Gasteiger partial charge in [-0.3, -0.25) is 4.79 Å². The van der Waals surface area contributed by atoms with E-state index in [0.29, 0.717) is 53.9 Å². The number of fused-ring (bicyclic) bond motifs is 6. The lowest BCUT2D eigenvalue weighted by molar-refractivity contribution is 0.238. The predicted molar refractivity (Wildman–Crippen MR) is 128 cm³/mol. The van der Waals surface area contributed by atoms with E-state index < -0.39 is 0 Å². The number of hydrogen-bond acceptors (Lipinski definition) is 8. The van der Waals surface area contributed by atoms with Gasteiger partial charge in [-0.1, -0.05) is 13.0 Å². The summed E-state index contributed by atoms with van der Waals surface area (Å²) in [4.78, 5) is 26.9. The molecule has 0 bridgehead atoms. The van der Waals surface area contributed by atoms with Crippen LogP contribution in [0.15, 0.2) is 39.5 Å². The van der Waals surface area contributed by atoms with Crippen LogP contribution in [-0.4, -0.2) is 46.3 Å². The lowest BCUT2D eigenvalue weighted by Gasteiger charge is -2.48. The molecule has 4 aromatic rings. The molecule has 0 spiro atoms. The summed E-state index contributed by atoms with van der Waals surface area (Å²) in [7, 11) is 1.70. The molecule has 2 atom stereocenters. The van der Waals surface area contributed by atoms with E-state index in [9.17, 15) is 10.1 Å². The number of ether oxygens (including phenoxy) is 1. The number of anilines is 2. The number of aromatic nitrogens is 3. The number of aryl methyl sites for hydroxylation is 2. The van der Waals surface area contributed by atoms with Crippen molar-refractivity contribution in [1.29, 1.82) is 5.26 Å². The predicted octanol–water partition coefficient (Wildman–Crippen LogP) is 3.12. The van der Waals surface area contributed by atoms with Crippen molar-refractivity contribution < 1.29 is 9.15 Å². The Morgan fingerprint density at radius 2 is 2.03 bits per heavy atom. The first kappa shape index (κ1) is 20.5. The maximum Gasteiger partial charge on any atom is 0.298 e. The van der Waals surface area contributed by atoms with E-state index >= 15 is 0 Å². The molecule has 0 amide bonds. The molecule has 9 nitrogen and oxygen atoms in total. The summed E-state index contributed by atoms with van der Waals surface area (Å²) in [5, 5.41) is 9.43. The van der Waals surface area contributed by atoms with Crippen molar-refractivity contribution in [3.05, 3.63) is 51.9 Å². The zero-order valence-electron chi connectivity index (χ0n) is 19.3. The van der Waals surface area contributed by atoms with E-state index in [2.05, 4.69) is 27.8 Å². The van der Waals surface area contributed by atoms with Crippen LogP contribution in [-0.2, 0) is 7.05 Å². The van der Waals surface area contributed by atoms with Gasteiger partial charge < -0.3 is 23.5 Å². The van der Waals surface area contributed by atoms with E-state index in [1.165, 1.54) is 4.57 Å². The van der Waals surface area contributed by atoms with Gasteiger partial charge in [0.25, 0.3) is 11.6 Å². The first-order chi connectivity index (χ1) is 16.5. The molecular weight excluding hydrogens is 432 g/mol. The average molecular weight is 457 g/mol. The van der Waals surface area contributed by atoms with E-state index in [-0.39, 0.29) is 17.6 Å². The smallest absolute Gasteiger partial charge is 0.298 e. The van der Waals surface area contributed by atoms with Gasteiger partial charge in [-0.15, -0.1) is 0 Å². The van der Waals surface area contributed by atoms with Crippen LogP contribution in [0.4, 0.5) is 11.7 Å². The summed E-state index contributed by atoms with van der Waals surface area (Å²) in [6, 6.07) is 12.2. The van der Waals surface area contributed by atoms with Gasteiger partial charge in [-0.2, -0.15) is 10.2 Å². The first-order valence-electron chi connectivity index (χ1n) is 11.5. The summed E-state index contributed by atoms with van der Waals surface area (Å²) in [5.41, 5.74) is 4.83. The molecular formula is C25H24N6O3. The van der Waals surface area contributed by atoms with E-state index in [4.69, 9.17) is 14.1 Å². The van der Waals surface area contributed by atoms with Crippen LogP contribution in [0.25, 0.3) is 22.1 Å². The fourth-order valence-corrected chi connectivity index (χ4v) is 5.10. The Morgan fingerprint density at radius 1 is 1.18 bits per heavy atom. The molecule has 0 saturated carbocycles. The molecule has 1 saturated heterocycles. The Kier molecular flexibility index (Phi) is 4.52. The third kappa shape index (κ3) is 2.95. The van der Waals surface area contributed by atoms with Gasteiger partial charge in [-0.25, -0.2) is 4.98 Å². The highest BCUT2D eigenvalue weighted by Crippen LogP contribution is 2.40. The highest BCUT2D eigenvalue weighted by Gasteiger charge is 2.41. The van der Waals surface area contributed by atoms with Crippen LogP contribution in [0.2, 0.25) is 0 Å². The minimum Gasteiger partial charge on any atom is -0.484 e. The minimum absolute atomic E-state index is 0.0186. The van der Waals surface area contributed by atoms with Gasteiger partial charge in [0, 0.05) is 20.1 Å². The van der Waals surface area contributed by atoms with Crippen molar-refractivity contribution in [1.82, 2.24) is 14.5 Å². The summed E-state index contributed by atoms with van der Waals surface area (Å²) in [5.74, 6) is 0.300. The van der Waals surface area contributed by atoms with Gasteiger partial charge >= 0.3 is 0 Å². The molecule has 2 aliphatic rings. The SMILES string of the molecule is CC[C@@H]1CN2c3c(c(=O)n(C)c4ccc(C#N)nc34)OC[C@@H]2CN1c1nc2cc(C)ccc2o1. The van der Waals surface area contributed by atoms with E-state index in [0.717, 1.165) is 23.1 Å². The number of pyridine rings is 2.